The number of carboxylic acid groups (broad SMARTS) is 1. The van der Waals surface area contributed by atoms with Crippen LogP contribution in [0.25, 0.3) is 10.9 Å². The van der Waals surface area contributed by atoms with Crippen LogP contribution in [0.4, 0.5) is 16.2 Å². The second kappa shape index (κ2) is 11.6. The number of thioether (sulfide) groups is 1. The number of pyridine rings is 1. The summed E-state index contributed by atoms with van der Waals surface area (Å²) < 4.78 is 5.28. The molecule has 36 heavy (non-hydrogen) atoms. The van der Waals surface area contributed by atoms with Crippen molar-refractivity contribution in [3.63, 3.8) is 0 Å². The molecule has 2 amide bonds. The average Bonchev–Trinajstić information content (AvgIpc) is 2.87. The molecular formula is C27H31N3O5S. The quantitative estimate of drug-likeness (QED) is 0.349. The molecule has 1 fully saturated rings. The number of rotatable bonds is 5. The van der Waals surface area contributed by atoms with E-state index in [-0.39, 0.29) is 5.91 Å². The zero-order chi connectivity index (χ0) is 25.5. The number of carbonyl (C=O) groups excluding carboxylic acids is 1. The van der Waals surface area contributed by atoms with Gasteiger partial charge >= 0.3 is 6.09 Å². The smallest absolute Gasteiger partial charge is 0.409 e. The van der Waals surface area contributed by atoms with Gasteiger partial charge < -0.3 is 20.3 Å². The van der Waals surface area contributed by atoms with E-state index in [1.807, 2.05) is 18.2 Å². The van der Waals surface area contributed by atoms with Crippen LogP contribution in [0.1, 0.15) is 44.1 Å². The highest BCUT2D eigenvalue weighted by molar-refractivity contribution is 8.00. The molecule has 0 atom stereocenters. The Kier molecular flexibility index (Phi) is 8.32. The van der Waals surface area contributed by atoms with E-state index >= 15 is 0 Å². The van der Waals surface area contributed by atoms with Gasteiger partial charge in [-0.15, -0.1) is 11.8 Å². The van der Waals surface area contributed by atoms with Gasteiger partial charge in [0.1, 0.15) is 5.75 Å². The van der Waals surface area contributed by atoms with Crippen molar-refractivity contribution < 1.29 is 24.5 Å². The van der Waals surface area contributed by atoms with Crippen molar-refractivity contribution in [3.8, 4) is 5.75 Å². The SMILES string of the molecule is COc1cnc2cccc(CCC3(O)CCCCC3)c2c1.O=C(O)Nc1ccc2c(c1)NC(=O)CS2. The first-order valence-electron chi connectivity index (χ1n) is 12.1. The summed E-state index contributed by atoms with van der Waals surface area (Å²) >= 11 is 1.44. The average molecular weight is 510 g/mol. The van der Waals surface area contributed by atoms with E-state index in [9.17, 15) is 14.7 Å². The lowest BCUT2D eigenvalue weighted by Crippen LogP contribution is -2.31. The zero-order valence-electron chi connectivity index (χ0n) is 20.3. The number of anilines is 2. The van der Waals surface area contributed by atoms with Crippen LogP contribution in [-0.2, 0) is 11.2 Å². The van der Waals surface area contributed by atoms with E-state index in [4.69, 9.17) is 9.84 Å². The summed E-state index contributed by atoms with van der Waals surface area (Å²) in [6, 6.07) is 13.3. The highest BCUT2D eigenvalue weighted by Crippen LogP contribution is 2.34. The lowest BCUT2D eigenvalue weighted by molar-refractivity contribution is -0.113. The predicted octanol–water partition coefficient (Wildman–Crippen LogP) is 5.69. The Balaban J connectivity index is 0.000000179. The largest absolute Gasteiger partial charge is 0.495 e. The molecule has 190 valence electrons. The summed E-state index contributed by atoms with van der Waals surface area (Å²) in [6.07, 6.45) is 7.82. The molecule has 0 bridgehead atoms. The fourth-order valence-electron chi connectivity index (χ4n) is 4.63. The van der Waals surface area contributed by atoms with Gasteiger partial charge in [0, 0.05) is 16.0 Å². The van der Waals surface area contributed by atoms with Crippen molar-refractivity contribution in [1.29, 1.82) is 0 Å². The molecule has 1 aromatic heterocycles. The molecule has 2 aliphatic rings. The summed E-state index contributed by atoms with van der Waals surface area (Å²) in [4.78, 5) is 26.9. The number of aryl methyl sites for hydroxylation is 1. The molecule has 9 heteroatoms. The van der Waals surface area contributed by atoms with Crippen molar-refractivity contribution in [2.24, 2.45) is 0 Å². The topological polar surface area (TPSA) is 121 Å². The molecule has 4 N–H and O–H groups in total. The number of ether oxygens (including phenoxy) is 1. The van der Waals surface area contributed by atoms with Crippen molar-refractivity contribution in [1.82, 2.24) is 4.98 Å². The number of carbonyl (C=O) groups is 2. The Morgan fingerprint density at radius 1 is 1.19 bits per heavy atom. The van der Waals surface area contributed by atoms with Gasteiger partial charge in [0.2, 0.25) is 5.91 Å². The number of benzene rings is 2. The Morgan fingerprint density at radius 3 is 2.75 bits per heavy atom. The second-order valence-corrected chi connectivity index (χ2v) is 10.1. The van der Waals surface area contributed by atoms with E-state index in [1.54, 1.807) is 31.5 Å². The second-order valence-electron chi connectivity index (χ2n) is 9.12. The number of hydrogen-bond acceptors (Lipinski definition) is 6. The van der Waals surface area contributed by atoms with Gasteiger partial charge in [0.15, 0.2) is 0 Å². The number of methoxy groups -OCH3 is 1. The third kappa shape index (κ3) is 6.67. The highest BCUT2D eigenvalue weighted by Gasteiger charge is 2.28. The highest BCUT2D eigenvalue weighted by atomic mass is 32.2. The molecule has 1 aliphatic heterocycles. The van der Waals surface area contributed by atoms with Crippen molar-refractivity contribution >= 4 is 46.0 Å². The Bertz CT molecular complexity index is 1240. The number of fused-ring (bicyclic) bond motifs is 2. The molecule has 1 aliphatic carbocycles. The monoisotopic (exact) mass is 509 g/mol. The van der Waals surface area contributed by atoms with Crippen molar-refractivity contribution in [2.45, 2.75) is 55.4 Å². The van der Waals surface area contributed by atoms with E-state index < -0.39 is 11.7 Å². The van der Waals surface area contributed by atoms with Gasteiger partial charge in [0.25, 0.3) is 0 Å². The lowest BCUT2D eigenvalue weighted by atomic mass is 9.80. The minimum Gasteiger partial charge on any atom is -0.495 e. The summed E-state index contributed by atoms with van der Waals surface area (Å²) in [5.74, 6) is 1.12. The third-order valence-electron chi connectivity index (χ3n) is 6.53. The summed E-state index contributed by atoms with van der Waals surface area (Å²) in [7, 11) is 1.66. The molecule has 0 radical (unpaired) electrons. The van der Waals surface area contributed by atoms with Crippen LogP contribution in [0, 0.1) is 0 Å². The Labute approximate surface area is 214 Å². The third-order valence-corrected chi connectivity index (χ3v) is 7.61. The van der Waals surface area contributed by atoms with Gasteiger partial charge in [-0.3, -0.25) is 15.1 Å². The van der Waals surface area contributed by atoms with E-state index in [0.717, 1.165) is 60.1 Å². The van der Waals surface area contributed by atoms with Crippen LogP contribution in [0.5, 0.6) is 5.75 Å². The van der Waals surface area contributed by atoms with Crippen LogP contribution in [0.2, 0.25) is 0 Å². The van der Waals surface area contributed by atoms with Gasteiger partial charge in [-0.2, -0.15) is 0 Å². The van der Waals surface area contributed by atoms with Crippen LogP contribution >= 0.6 is 11.8 Å². The maximum Gasteiger partial charge on any atom is 0.409 e. The lowest BCUT2D eigenvalue weighted by Gasteiger charge is -2.32. The molecular weight excluding hydrogens is 478 g/mol. The van der Waals surface area contributed by atoms with E-state index in [2.05, 4.69) is 21.7 Å². The summed E-state index contributed by atoms with van der Waals surface area (Å²) in [6.45, 7) is 0. The molecule has 8 nitrogen and oxygen atoms in total. The fraction of sp³-hybridized carbons (Fsp3) is 0.370. The maximum atomic E-state index is 11.1. The molecule has 1 saturated carbocycles. The van der Waals surface area contributed by atoms with Crippen molar-refractivity contribution in [3.05, 3.63) is 54.2 Å². The normalized spacial score (nSPS) is 16.2. The Hall–Kier alpha value is -3.30. The number of aromatic nitrogens is 1. The van der Waals surface area contributed by atoms with Gasteiger partial charge in [-0.25, -0.2) is 4.79 Å². The molecule has 0 saturated heterocycles. The van der Waals surface area contributed by atoms with Crippen molar-refractivity contribution in [2.75, 3.05) is 23.5 Å². The van der Waals surface area contributed by atoms with Crippen LogP contribution < -0.4 is 15.4 Å². The summed E-state index contributed by atoms with van der Waals surface area (Å²) in [5, 5.41) is 25.2. The first-order chi connectivity index (χ1) is 17.3. The predicted molar refractivity (Wildman–Crippen MR) is 142 cm³/mol. The zero-order valence-corrected chi connectivity index (χ0v) is 21.1. The minimum atomic E-state index is -1.12. The number of nitrogens with one attached hydrogen (secondary N) is 2. The van der Waals surface area contributed by atoms with E-state index in [0.29, 0.717) is 17.1 Å². The molecule has 2 aromatic carbocycles. The first kappa shape index (κ1) is 25.8. The van der Waals surface area contributed by atoms with Crippen LogP contribution in [0.15, 0.2) is 53.6 Å². The number of hydrogen-bond donors (Lipinski definition) is 4. The van der Waals surface area contributed by atoms with Crippen LogP contribution in [0.3, 0.4) is 0 Å². The molecule has 2 heterocycles. The number of nitrogens with zero attached hydrogens (tertiary/aromatic N) is 1. The van der Waals surface area contributed by atoms with Gasteiger partial charge in [0.05, 0.1) is 35.9 Å². The molecule has 0 spiro atoms. The summed E-state index contributed by atoms with van der Waals surface area (Å²) in [5.41, 5.74) is 2.88. The van der Waals surface area contributed by atoms with Crippen LogP contribution in [-0.4, -0.2) is 45.7 Å². The van der Waals surface area contributed by atoms with Gasteiger partial charge in [-0.1, -0.05) is 31.4 Å². The minimum absolute atomic E-state index is 0.0695. The fourth-order valence-corrected chi connectivity index (χ4v) is 5.42. The first-order valence-corrected chi connectivity index (χ1v) is 13.0. The number of aliphatic hydroxyl groups is 1. The molecule has 0 unspecified atom stereocenters. The van der Waals surface area contributed by atoms with E-state index in [1.165, 1.54) is 23.7 Å². The standard InChI is InChI=1S/C18H23NO2.C9H8N2O3S/c1-21-15-12-16-14(6-5-7-17(16)19-13-15)8-11-18(20)9-3-2-4-10-18;12-8-4-15-7-2-1-5(10-9(13)14)3-6(7)11-8/h5-7,12-13,20H,2-4,8-11H2,1H3;1-3,10H,4H2,(H,11,12)(H,13,14). The maximum absolute atomic E-state index is 11.1. The molecule has 3 aromatic rings. The van der Waals surface area contributed by atoms with Gasteiger partial charge in [-0.05, 0) is 61.6 Å². The molecule has 5 rings (SSSR count). The Morgan fingerprint density at radius 2 is 2.00 bits per heavy atom. The number of amides is 2.